The Morgan fingerprint density at radius 3 is 2.69 bits per heavy atom. The number of rotatable bonds is 3. The lowest BCUT2D eigenvalue weighted by atomic mass is 9.75. The molecular weight excluding hydrogens is 454 g/mol. The van der Waals surface area contributed by atoms with Crippen molar-refractivity contribution < 1.29 is 14.3 Å². The Labute approximate surface area is 213 Å². The number of hydrogen-bond acceptors (Lipinski definition) is 6. The molecule has 8 heteroatoms. The predicted molar refractivity (Wildman–Crippen MR) is 138 cm³/mol. The van der Waals surface area contributed by atoms with E-state index in [-0.39, 0.29) is 11.3 Å². The SMILES string of the molecule is Cc1nccc(N2CCCC3(CCN(C(=O)CC4CC4)CC3)COc3ccccc3C(=O)NCC2)n1. The monoisotopic (exact) mass is 491 g/mol. The quantitative estimate of drug-likeness (QED) is 0.706. The van der Waals surface area contributed by atoms with E-state index >= 15 is 0 Å². The molecule has 192 valence electrons. The predicted octanol–water partition coefficient (Wildman–Crippen LogP) is 3.60. The highest BCUT2D eigenvalue weighted by atomic mass is 16.5. The number of aromatic nitrogens is 2. The van der Waals surface area contributed by atoms with E-state index in [0.29, 0.717) is 49.3 Å². The Bertz CT molecular complexity index is 1080. The van der Waals surface area contributed by atoms with Crippen molar-refractivity contribution in [1.82, 2.24) is 20.2 Å². The van der Waals surface area contributed by atoms with Crippen molar-refractivity contribution in [1.29, 1.82) is 0 Å². The van der Waals surface area contributed by atoms with Gasteiger partial charge in [0, 0.05) is 50.8 Å². The summed E-state index contributed by atoms with van der Waals surface area (Å²) in [6.45, 7) is 6.03. The summed E-state index contributed by atoms with van der Waals surface area (Å²) in [5.41, 5.74) is 0.537. The van der Waals surface area contributed by atoms with Gasteiger partial charge in [-0.2, -0.15) is 0 Å². The summed E-state index contributed by atoms with van der Waals surface area (Å²) in [7, 11) is 0. The van der Waals surface area contributed by atoms with E-state index in [4.69, 9.17) is 4.74 Å². The topological polar surface area (TPSA) is 87.7 Å². The van der Waals surface area contributed by atoms with Crippen molar-refractivity contribution in [2.75, 3.05) is 44.2 Å². The Morgan fingerprint density at radius 2 is 1.92 bits per heavy atom. The number of likely N-dealkylation sites (tertiary alicyclic amines) is 1. The Kier molecular flexibility index (Phi) is 7.39. The summed E-state index contributed by atoms with van der Waals surface area (Å²) in [6.07, 6.45) is 8.73. The van der Waals surface area contributed by atoms with E-state index in [9.17, 15) is 9.59 Å². The minimum Gasteiger partial charge on any atom is -0.492 e. The number of ether oxygens (including phenoxy) is 1. The Balaban J connectivity index is 1.34. The van der Waals surface area contributed by atoms with E-state index in [0.717, 1.165) is 57.0 Å². The Morgan fingerprint density at radius 1 is 1.11 bits per heavy atom. The zero-order valence-corrected chi connectivity index (χ0v) is 21.2. The number of piperidine rings is 1. The fourth-order valence-corrected chi connectivity index (χ4v) is 5.41. The largest absolute Gasteiger partial charge is 0.492 e. The molecule has 1 aromatic heterocycles. The summed E-state index contributed by atoms with van der Waals surface area (Å²) in [5, 5.41) is 3.05. The average Bonchev–Trinajstić information content (AvgIpc) is 3.70. The second-order valence-electron chi connectivity index (χ2n) is 10.6. The first-order valence-corrected chi connectivity index (χ1v) is 13.3. The van der Waals surface area contributed by atoms with Crippen molar-refractivity contribution >= 4 is 17.6 Å². The molecular formula is C28H37N5O3. The maximum atomic E-state index is 13.0. The van der Waals surface area contributed by atoms with E-state index in [1.165, 1.54) is 12.8 Å². The average molecular weight is 492 g/mol. The maximum absolute atomic E-state index is 13.0. The fourth-order valence-electron chi connectivity index (χ4n) is 5.41. The molecule has 0 unspecified atom stereocenters. The highest BCUT2D eigenvalue weighted by Gasteiger charge is 2.38. The summed E-state index contributed by atoms with van der Waals surface area (Å²) in [6, 6.07) is 9.42. The molecule has 0 atom stereocenters. The van der Waals surface area contributed by atoms with Gasteiger partial charge in [0.1, 0.15) is 17.4 Å². The molecule has 2 amide bonds. The number of carbonyl (C=O) groups excluding carboxylic acids is 2. The molecule has 2 fully saturated rings. The molecule has 1 saturated carbocycles. The number of fused-ring (bicyclic) bond motifs is 1. The van der Waals surface area contributed by atoms with Crippen LogP contribution in [0.2, 0.25) is 0 Å². The number of nitrogens with zero attached hydrogens (tertiary/aromatic N) is 4. The number of para-hydroxylation sites is 1. The molecule has 0 radical (unpaired) electrons. The molecule has 8 nitrogen and oxygen atoms in total. The van der Waals surface area contributed by atoms with Gasteiger partial charge in [-0.25, -0.2) is 9.97 Å². The molecule has 5 rings (SSSR count). The smallest absolute Gasteiger partial charge is 0.255 e. The molecule has 3 heterocycles. The van der Waals surface area contributed by atoms with Crippen LogP contribution in [0.25, 0.3) is 0 Å². The third kappa shape index (κ3) is 5.97. The number of hydrogen-bond donors (Lipinski definition) is 1. The first-order chi connectivity index (χ1) is 17.5. The molecule has 2 aromatic rings. The normalized spacial score (nSPS) is 20.9. The summed E-state index contributed by atoms with van der Waals surface area (Å²) in [5.74, 6) is 3.05. The Hall–Kier alpha value is -3.16. The molecule has 1 aromatic carbocycles. The van der Waals surface area contributed by atoms with Crippen LogP contribution in [0.5, 0.6) is 5.75 Å². The van der Waals surface area contributed by atoms with Crippen molar-refractivity contribution in [3.63, 3.8) is 0 Å². The number of aryl methyl sites for hydroxylation is 1. The van der Waals surface area contributed by atoms with Crippen molar-refractivity contribution in [2.45, 2.75) is 51.9 Å². The lowest BCUT2D eigenvalue weighted by Crippen LogP contribution is -2.46. The van der Waals surface area contributed by atoms with Crippen LogP contribution in [0.3, 0.4) is 0 Å². The molecule has 1 N–H and O–H groups in total. The summed E-state index contributed by atoms with van der Waals surface area (Å²) < 4.78 is 6.36. The first kappa shape index (κ1) is 24.5. The summed E-state index contributed by atoms with van der Waals surface area (Å²) >= 11 is 0. The second kappa shape index (κ2) is 10.8. The van der Waals surface area contributed by atoms with Gasteiger partial charge in [-0.05, 0) is 69.6 Å². The molecule has 3 aliphatic rings. The standard InChI is InChI=1S/C28H37N5O3/c1-21-29-13-9-25(31-21)32-15-4-10-28(11-16-33(17-12-28)26(34)19-22-7-8-22)20-36-24-6-3-2-5-23(24)27(35)30-14-18-32/h2-3,5-6,9,13,22H,4,7-8,10-12,14-20H2,1H3,(H,30,35). The van der Waals surface area contributed by atoms with Crippen molar-refractivity contribution in [3.05, 3.63) is 47.9 Å². The van der Waals surface area contributed by atoms with Crippen LogP contribution in [0.4, 0.5) is 5.82 Å². The second-order valence-corrected chi connectivity index (χ2v) is 10.6. The lowest BCUT2D eigenvalue weighted by Gasteiger charge is -2.42. The van der Waals surface area contributed by atoms with E-state index < -0.39 is 0 Å². The van der Waals surface area contributed by atoms with Crippen LogP contribution in [0.1, 0.15) is 61.1 Å². The van der Waals surface area contributed by atoms with Gasteiger partial charge >= 0.3 is 0 Å². The van der Waals surface area contributed by atoms with Gasteiger partial charge in [0.05, 0.1) is 12.2 Å². The lowest BCUT2D eigenvalue weighted by molar-refractivity contribution is -0.134. The third-order valence-electron chi connectivity index (χ3n) is 7.89. The van der Waals surface area contributed by atoms with E-state index in [2.05, 4.69) is 25.1 Å². The highest BCUT2D eigenvalue weighted by molar-refractivity contribution is 5.96. The molecule has 0 bridgehead atoms. The maximum Gasteiger partial charge on any atom is 0.255 e. The molecule has 1 aliphatic carbocycles. The van der Waals surface area contributed by atoms with Gasteiger partial charge in [-0.3, -0.25) is 9.59 Å². The van der Waals surface area contributed by atoms with E-state index in [1.54, 1.807) is 6.20 Å². The zero-order chi connectivity index (χ0) is 25.0. The molecule has 1 spiro atoms. The van der Waals surface area contributed by atoms with Gasteiger partial charge < -0.3 is 19.9 Å². The van der Waals surface area contributed by atoms with E-state index in [1.807, 2.05) is 37.3 Å². The first-order valence-electron chi connectivity index (χ1n) is 13.3. The minimum absolute atomic E-state index is 0.0265. The molecule has 2 aliphatic heterocycles. The highest BCUT2D eigenvalue weighted by Crippen LogP contribution is 2.39. The third-order valence-corrected chi connectivity index (χ3v) is 7.89. The van der Waals surface area contributed by atoms with Gasteiger partial charge in [0.15, 0.2) is 0 Å². The van der Waals surface area contributed by atoms with Gasteiger partial charge in [-0.15, -0.1) is 0 Å². The fraction of sp³-hybridized carbons (Fsp3) is 0.571. The van der Waals surface area contributed by atoms with Crippen molar-refractivity contribution in [3.8, 4) is 5.75 Å². The van der Waals surface area contributed by atoms with Gasteiger partial charge in [0.2, 0.25) is 5.91 Å². The summed E-state index contributed by atoms with van der Waals surface area (Å²) in [4.78, 5) is 38.9. The number of nitrogens with one attached hydrogen (secondary N) is 1. The number of carbonyl (C=O) groups is 2. The van der Waals surface area contributed by atoms with Crippen LogP contribution in [-0.4, -0.2) is 66.0 Å². The zero-order valence-electron chi connectivity index (χ0n) is 21.2. The number of benzene rings is 1. The number of amides is 2. The van der Waals surface area contributed by atoms with Crippen LogP contribution < -0.4 is 15.0 Å². The van der Waals surface area contributed by atoms with Crippen LogP contribution >= 0.6 is 0 Å². The molecule has 1 saturated heterocycles. The van der Waals surface area contributed by atoms with Crippen LogP contribution in [0, 0.1) is 18.3 Å². The van der Waals surface area contributed by atoms with Crippen LogP contribution in [0.15, 0.2) is 36.5 Å². The number of anilines is 1. The van der Waals surface area contributed by atoms with Crippen molar-refractivity contribution in [2.24, 2.45) is 11.3 Å². The minimum atomic E-state index is -0.127. The molecule has 36 heavy (non-hydrogen) atoms. The van der Waals surface area contributed by atoms with Gasteiger partial charge in [0.25, 0.3) is 5.91 Å². The van der Waals surface area contributed by atoms with Gasteiger partial charge in [-0.1, -0.05) is 12.1 Å². The van der Waals surface area contributed by atoms with Crippen LogP contribution in [-0.2, 0) is 4.79 Å².